The maximum atomic E-state index is 11.5. The van der Waals surface area contributed by atoms with Gasteiger partial charge in [-0.15, -0.1) is 0 Å². The molecule has 2 unspecified atom stereocenters. The molecule has 2 heterocycles. The number of piperidine rings is 1. The van der Waals surface area contributed by atoms with Crippen molar-refractivity contribution in [3.8, 4) is 0 Å². The molecule has 3 heteroatoms. The smallest absolute Gasteiger partial charge is 0.138 e. The second kappa shape index (κ2) is 5.50. The molecule has 1 fully saturated rings. The molecule has 1 saturated heterocycles. The predicted molar refractivity (Wildman–Crippen MR) is 66.9 cm³/mol. The van der Waals surface area contributed by atoms with Gasteiger partial charge in [-0.1, -0.05) is 6.92 Å². The van der Waals surface area contributed by atoms with Crippen LogP contribution >= 0.6 is 0 Å². The molecule has 0 radical (unpaired) electrons. The summed E-state index contributed by atoms with van der Waals surface area (Å²) in [5, 5.41) is 0. The molecule has 0 amide bonds. The Balaban J connectivity index is 1.80. The van der Waals surface area contributed by atoms with Crippen LogP contribution in [-0.2, 0) is 11.2 Å². The SMILES string of the molecule is CC1CN(C(C)CCc2ccco2)CCC1=O. The Morgan fingerprint density at radius 1 is 1.59 bits per heavy atom. The van der Waals surface area contributed by atoms with E-state index in [-0.39, 0.29) is 5.92 Å². The zero-order valence-electron chi connectivity index (χ0n) is 10.7. The van der Waals surface area contributed by atoms with Crippen LogP contribution in [0.25, 0.3) is 0 Å². The molecule has 1 aromatic heterocycles. The second-order valence-corrected chi connectivity index (χ2v) is 5.08. The molecule has 3 nitrogen and oxygen atoms in total. The van der Waals surface area contributed by atoms with Gasteiger partial charge >= 0.3 is 0 Å². The number of hydrogen-bond acceptors (Lipinski definition) is 3. The highest BCUT2D eigenvalue weighted by molar-refractivity contribution is 5.81. The quantitative estimate of drug-likeness (QED) is 0.804. The Bertz CT molecular complexity index is 358. The molecular formula is C14H21NO2. The van der Waals surface area contributed by atoms with Crippen LogP contribution in [0, 0.1) is 5.92 Å². The first-order valence-corrected chi connectivity index (χ1v) is 6.46. The summed E-state index contributed by atoms with van der Waals surface area (Å²) in [7, 11) is 0. The summed E-state index contributed by atoms with van der Waals surface area (Å²) in [6.45, 7) is 6.11. The lowest BCUT2D eigenvalue weighted by atomic mass is 9.96. The molecule has 1 aromatic rings. The Labute approximate surface area is 103 Å². The Kier molecular flexibility index (Phi) is 4.00. The van der Waals surface area contributed by atoms with E-state index in [0.717, 1.165) is 31.7 Å². The van der Waals surface area contributed by atoms with Crippen LogP contribution in [0.4, 0.5) is 0 Å². The largest absolute Gasteiger partial charge is 0.469 e. The molecule has 0 aromatic carbocycles. The summed E-state index contributed by atoms with van der Waals surface area (Å²) in [5.74, 6) is 1.67. The molecular weight excluding hydrogens is 214 g/mol. The lowest BCUT2D eigenvalue weighted by molar-refractivity contribution is -0.126. The van der Waals surface area contributed by atoms with E-state index in [0.29, 0.717) is 18.2 Å². The minimum absolute atomic E-state index is 0.204. The summed E-state index contributed by atoms with van der Waals surface area (Å²) in [6.07, 6.45) is 4.51. The van der Waals surface area contributed by atoms with Crippen LogP contribution in [0.2, 0.25) is 0 Å². The lowest BCUT2D eigenvalue weighted by Gasteiger charge is -2.34. The first-order valence-electron chi connectivity index (χ1n) is 6.46. The van der Waals surface area contributed by atoms with Crippen molar-refractivity contribution in [3.63, 3.8) is 0 Å². The zero-order valence-corrected chi connectivity index (χ0v) is 10.7. The summed E-state index contributed by atoms with van der Waals surface area (Å²) in [6, 6.07) is 4.48. The summed E-state index contributed by atoms with van der Waals surface area (Å²) < 4.78 is 5.34. The molecule has 0 bridgehead atoms. The summed E-state index contributed by atoms with van der Waals surface area (Å²) in [5.41, 5.74) is 0. The Morgan fingerprint density at radius 2 is 2.41 bits per heavy atom. The number of carbonyl (C=O) groups excluding carboxylic acids is 1. The number of furan rings is 1. The minimum Gasteiger partial charge on any atom is -0.469 e. The van der Waals surface area contributed by atoms with Crippen molar-refractivity contribution in [1.29, 1.82) is 0 Å². The van der Waals surface area contributed by atoms with E-state index < -0.39 is 0 Å². The van der Waals surface area contributed by atoms with E-state index in [2.05, 4.69) is 11.8 Å². The maximum absolute atomic E-state index is 11.5. The molecule has 1 aliphatic rings. The highest BCUT2D eigenvalue weighted by atomic mass is 16.3. The van der Waals surface area contributed by atoms with E-state index in [4.69, 9.17) is 4.42 Å². The van der Waals surface area contributed by atoms with E-state index in [1.54, 1.807) is 6.26 Å². The fraction of sp³-hybridized carbons (Fsp3) is 0.643. The third-order valence-corrected chi connectivity index (χ3v) is 3.72. The van der Waals surface area contributed by atoms with Crippen LogP contribution in [0.1, 0.15) is 32.4 Å². The van der Waals surface area contributed by atoms with Crippen LogP contribution in [0.5, 0.6) is 0 Å². The fourth-order valence-electron chi connectivity index (χ4n) is 2.43. The van der Waals surface area contributed by atoms with Gasteiger partial charge in [-0.25, -0.2) is 0 Å². The first kappa shape index (κ1) is 12.4. The van der Waals surface area contributed by atoms with Crippen molar-refractivity contribution in [2.75, 3.05) is 13.1 Å². The predicted octanol–water partition coefficient (Wildman–Crippen LogP) is 2.51. The standard InChI is InChI=1S/C14H21NO2/c1-11-10-15(8-7-14(11)16)12(2)5-6-13-4-3-9-17-13/h3-4,9,11-12H,5-8,10H2,1-2H3. The van der Waals surface area contributed by atoms with Gasteiger partial charge in [0.2, 0.25) is 0 Å². The summed E-state index contributed by atoms with van der Waals surface area (Å²) >= 11 is 0. The van der Waals surface area contributed by atoms with Crippen molar-refractivity contribution in [2.24, 2.45) is 5.92 Å². The van der Waals surface area contributed by atoms with Gasteiger partial charge in [-0.2, -0.15) is 0 Å². The molecule has 0 N–H and O–H groups in total. The van der Waals surface area contributed by atoms with Crippen LogP contribution in [0.3, 0.4) is 0 Å². The van der Waals surface area contributed by atoms with Gasteiger partial charge < -0.3 is 4.42 Å². The number of rotatable bonds is 4. The van der Waals surface area contributed by atoms with Gasteiger partial charge in [0, 0.05) is 37.9 Å². The number of Topliss-reactive ketones (excluding diaryl/α,β-unsaturated/α-hetero) is 1. The van der Waals surface area contributed by atoms with Crippen molar-refractivity contribution >= 4 is 5.78 Å². The van der Waals surface area contributed by atoms with E-state index in [1.165, 1.54) is 0 Å². The third-order valence-electron chi connectivity index (χ3n) is 3.72. The van der Waals surface area contributed by atoms with Gasteiger partial charge in [0.1, 0.15) is 11.5 Å². The number of nitrogens with zero attached hydrogens (tertiary/aromatic N) is 1. The highest BCUT2D eigenvalue weighted by Gasteiger charge is 2.26. The number of aryl methyl sites for hydroxylation is 1. The number of hydrogen-bond donors (Lipinski definition) is 0. The van der Waals surface area contributed by atoms with Crippen LogP contribution < -0.4 is 0 Å². The normalized spacial score (nSPS) is 23.9. The lowest BCUT2D eigenvalue weighted by Crippen LogP contribution is -2.44. The van der Waals surface area contributed by atoms with E-state index >= 15 is 0 Å². The van der Waals surface area contributed by atoms with Gasteiger partial charge in [0.15, 0.2) is 0 Å². The van der Waals surface area contributed by atoms with Crippen molar-refractivity contribution in [1.82, 2.24) is 4.90 Å². The van der Waals surface area contributed by atoms with Crippen LogP contribution in [-0.4, -0.2) is 29.8 Å². The number of ketones is 1. The molecule has 2 atom stereocenters. The average Bonchev–Trinajstić information content (AvgIpc) is 2.82. The van der Waals surface area contributed by atoms with E-state index in [1.807, 2.05) is 19.1 Å². The summed E-state index contributed by atoms with van der Waals surface area (Å²) in [4.78, 5) is 13.9. The molecule has 2 rings (SSSR count). The minimum atomic E-state index is 0.204. The van der Waals surface area contributed by atoms with Gasteiger partial charge in [0.25, 0.3) is 0 Å². The second-order valence-electron chi connectivity index (χ2n) is 5.08. The average molecular weight is 235 g/mol. The van der Waals surface area contributed by atoms with Gasteiger partial charge in [-0.05, 0) is 25.5 Å². The first-order chi connectivity index (χ1) is 8.16. The topological polar surface area (TPSA) is 33.5 Å². The Hall–Kier alpha value is -1.09. The van der Waals surface area contributed by atoms with Crippen LogP contribution in [0.15, 0.2) is 22.8 Å². The highest BCUT2D eigenvalue weighted by Crippen LogP contribution is 2.17. The monoisotopic (exact) mass is 235 g/mol. The zero-order chi connectivity index (χ0) is 12.3. The number of carbonyl (C=O) groups is 1. The molecule has 0 aliphatic carbocycles. The van der Waals surface area contributed by atoms with E-state index in [9.17, 15) is 4.79 Å². The molecule has 1 aliphatic heterocycles. The molecule has 94 valence electrons. The molecule has 17 heavy (non-hydrogen) atoms. The third kappa shape index (κ3) is 3.19. The Morgan fingerprint density at radius 3 is 3.06 bits per heavy atom. The van der Waals surface area contributed by atoms with Crippen molar-refractivity contribution < 1.29 is 9.21 Å². The van der Waals surface area contributed by atoms with Crippen molar-refractivity contribution in [3.05, 3.63) is 24.2 Å². The molecule has 0 spiro atoms. The maximum Gasteiger partial charge on any atom is 0.138 e. The fourth-order valence-corrected chi connectivity index (χ4v) is 2.43. The van der Waals surface area contributed by atoms with Gasteiger partial charge in [0.05, 0.1) is 6.26 Å². The molecule has 0 saturated carbocycles. The van der Waals surface area contributed by atoms with Gasteiger partial charge in [-0.3, -0.25) is 9.69 Å². The number of likely N-dealkylation sites (tertiary alicyclic amines) is 1. The van der Waals surface area contributed by atoms with Crippen molar-refractivity contribution in [2.45, 2.75) is 39.2 Å².